The topological polar surface area (TPSA) is 47.6 Å². The quantitative estimate of drug-likeness (QED) is 0.914. The van der Waals surface area contributed by atoms with Gasteiger partial charge in [-0.05, 0) is 30.5 Å². The van der Waals surface area contributed by atoms with Gasteiger partial charge in [-0.1, -0.05) is 48.5 Å². The summed E-state index contributed by atoms with van der Waals surface area (Å²) in [5.41, 5.74) is 1.90. The molecule has 1 amide bonds. The zero-order chi connectivity index (χ0) is 17.9. The Balaban J connectivity index is 1.52. The van der Waals surface area contributed by atoms with Crippen molar-refractivity contribution in [2.75, 3.05) is 19.8 Å². The van der Waals surface area contributed by atoms with Crippen LogP contribution in [0.3, 0.4) is 0 Å². The molecule has 2 fully saturated rings. The SMILES string of the molecule is O=C(NCC1(c2ccccc2)CCC2(CC1)OCCO2)c1ccccc1. The molecular weight excluding hydrogens is 326 g/mol. The number of hydrogen-bond acceptors (Lipinski definition) is 3. The zero-order valence-corrected chi connectivity index (χ0v) is 14.9. The fraction of sp³-hybridized carbons (Fsp3) is 0.409. The standard InChI is InChI=1S/C22H25NO3/c24-20(18-7-3-1-4-8-18)23-17-21(19-9-5-2-6-10-19)11-13-22(14-12-21)25-15-16-26-22/h1-10H,11-17H2,(H,23,24). The highest BCUT2D eigenvalue weighted by atomic mass is 16.7. The molecule has 1 saturated carbocycles. The lowest BCUT2D eigenvalue weighted by Crippen LogP contribution is -2.48. The number of benzene rings is 2. The van der Waals surface area contributed by atoms with Gasteiger partial charge in [0.1, 0.15) is 0 Å². The molecule has 0 radical (unpaired) electrons. The summed E-state index contributed by atoms with van der Waals surface area (Å²) in [5.74, 6) is -0.420. The van der Waals surface area contributed by atoms with Gasteiger partial charge in [-0.25, -0.2) is 0 Å². The van der Waals surface area contributed by atoms with E-state index in [9.17, 15) is 4.79 Å². The Morgan fingerprint density at radius 2 is 1.42 bits per heavy atom. The summed E-state index contributed by atoms with van der Waals surface area (Å²) in [5, 5.41) is 3.17. The predicted octanol–water partition coefficient (Wildman–Crippen LogP) is 3.67. The molecule has 0 bridgehead atoms. The van der Waals surface area contributed by atoms with Crippen LogP contribution in [0, 0.1) is 0 Å². The second-order valence-electron chi connectivity index (χ2n) is 7.30. The Morgan fingerprint density at radius 3 is 2.04 bits per heavy atom. The summed E-state index contributed by atoms with van der Waals surface area (Å²) >= 11 is 0. The van der Waals surface area contributed by atoms with Crippen LogP contribution >= 0.6 is 0 Å². The van der Waals surface area contributed by atoms with Crippen LogP contribution in [0.5, 0.6) is 0 Å². The van der Waals surface area contributed by atoms with Crippen molar-refractivity contribution in [1.82, 2.24) is 5.32 Å². The van der Waals surface area contributed by atoms with Gasteiger partial charge in [0.15, 0.2) is 5.79 Å². The third kappa shape index (κ3) is 3.39. The number of rotatable bonds is 4. The van der Waals surface area contributed by atoms with Crippen LogP contribution in [-0.4, -0.2) is 31.5 Å². The molecule has 0 unspecified atom stereocenters. The van der Waals surface area contributed by atoms with E-state index in [-0.39, 0.29) is 11.3 Å². The molecule has 0 aromatic heterocycles. The molecule has 1 aliphatic carbocycles. The van der Waals surface area contributed by atoms with Gasteiger partial charge in [0.2, 0.25) is 0 Å². The third-order valence-corrected chi connectivity index (χ3v) is 5.79. The van der Waals surface area contributed by atoms with Crippen LogP contribution < -0.4 is 5.32 Å². The van der Waals surface area contributed by atoms with E-state index in [1.54, 1.807) is 0 Å². The molecular formula is C22H25NO3. The van der Waals surface area contributed by atoms with Gasteiger partial charge in [0.05, 0.1) is 13.2 Å². The van der Waals surface area contributed by atoms with Gasteiger partial charge in [-0.15, -0.1) is 0 Å². The Hall–Kier alpha value is -2.17. The highest BCUT2D eigenvalue weighted by Crippen LogP contribution is 2.46. The van der Waals surface area contributed by atoms with Crippen molar-refractivity contribution in [2.24, 2.45) is 0 Å². The van der Waals surface area contributed by atoms with Crippen LogP contribution in [0.25, 0.3) is 0 Å². The molecule has 4 rings (SSSR count). The molecule has 1 heterocycles. The average Bonchev–Trinajstić information content (AvgIpc) is 3.17. The number of carbonyl (C=O) groups is 1. The number of amides is 1. The Morgan fingerprint density at radius 1 is 0.846 bits per heavy atom. The van der Waals surface area contributed by atoms with Crippen molar-refractivity contribution < 1.29 is 14.3 Å². The highest BCUT2D eigenvalue weighted by Gasteiger charge is 2.47. The smallest absolute Gasteiger partial charge is 0.251 e. The largest absolute Gasteiger partial charge is 0.351 e. The maximum Gasteiger partial charge on any atom is 0.251 e. The highest BCUT2D eigenvalue weighted by molar-refractivity contribution is 5.94. The summed E-state index contributed by atoms with van der Waals surface area (Å²) in [6.07, 6.45) is 3.60. The molecule has 136 valence electrons. The second-order valence-corrected chi connectivity index (χ2v) is 7.30. The van der Waals surface area contributed by atoms with Gasteiger partial charge in [0, 0.05) is 30.4 Å². The van der Waals surface area contributed by atoms with Crippen LogP contribution in [0.2, 0.25) is 0 Å². The van der Waals surface area contributed by atoms with Crippen LogP contribution in [-0.2, 0) is 14.9 Å². The zero-order valence-electron chi connectivity index (χ0n) is 14.9. The maximum atomic E-state index is 12.6. The summed E-state index contributed by atoms with van der Waals surface area (Å²) in [6.45, 7) is 1.99. The molecule has 26 heavy (non-hydrogen) atoms. The number of nitrogens with one attached hydrogen (secondary N) is 1. The van der Waals surface area contributed by atoms with Gasteiger partial charge in [0.25, 0.3) is 5.91 Å². The number of carbonyl (C=O) groups excluding carboxylic acids is 1. The molecule has 4 heteroatoms. The van der Waals surface area contributed by atoms with Crippen molar-refractivity contribution >= 4 is 5.91 Å². The van der Waals surface area contributed by atoms with Gasteiger partial charge in [-0.2, -0.15) is 0 Å². The van der Waals surface area contributed by atoms with Gasteiger partial charge < -0.3 is 14.8 Å². The van der Waals surface area contributed by atoms with Crippen molar-refractivity contribution in [3.8, 4) is 0 Å². The molecule has 4 nitrogen and oxygen atoms in total. The lowest BCUT2D eigenvalue weighted by atomic mass is 9.67. The van der Waals surface area contributed by atoms with E-state index in [0.29, 0.717) is 25.3 Å². The van der Waals surface area contributed by atoms with E-state index in [1.807, 2.05) is 36.4 Å². The Labute approximate surface area is 154 Å². The summed E-state index contributed by atoms with van der Waals surface area (Å²) in [6, 6.07) is 19.9. The van der Waals surface area contributed by atoms with E-state index in [1.165, 1.54) is 5.56 Å². The molecule has 1 N–H and O–H groups in total. The fourth-order valence-electron chi connectivity index (χ4n) is 4.20. The summed E-state index contributed by atoms with van der Waals surface area (Å²) in [4.78, 5) is 12.6. The van der Waals surface area contributed by atoms with Crippen LogP contribution in [0.4, 0.5) is 0 Å². The van der Waals surface area contributed by atoms with E-state index in [4.69, 9.17) is 9.47 Å². The first-order chi connectivity index (χ1) is 12.7. The number of hydrogen-bond donors (Lipinski definition) is 1. The number of ether oxygens (including phenoxy) is 2. The molecule has 0 atom stereocenters. The molecule has 1 spiro atoms. The maximum absolute atomic E-state index is 12.6. The van der Waals surface area contributed by atoms with Crippen molar-refractivity contribution in [3.05, 3.63) is 71.8 Å². The molecule has 1 saturated heterocycles. The van der Waals surface area contributed by atoms with E-state index in [0.717, 1.165) is 25.7 Å². The molecule has 1 aliphatic heterocycles. The average molecular weight is 351 g/mol. The van der Waals surface area contributed by atoms with Crippen molar-refractivity contribution in [3.63, 3.8) is 0 Å². The van der Waals surface area contributed by atoms with Gasteiger partial charge >= 0.3 is 0 Å². The molecule has 2 aliphatic rings. The lowest BCUT2D eigenvalue weighted by Gasteiger charge is -2.44. The monoisotopic (exact) mass is 351 g/mol. The first-order valence-electron chi connectivity index (χ1n) is 9.38. The Kier molecular flexibility index (Phi) is 4.79. The van der Waals surface area contributed by atoms with Crippen molar-refractivity contribution in [1.29, 1.82) is 0 Å². The summed E-state index contributed by atoms with van der Waals surface area (Å²) in [7, 11) is 0. The normalized spacial score (nSPS) is 20.8. The molecule has 2 aromatic rings. The van der Waals surface area contributed by atoms with E-state index in [2.05, 4.69) is 29.6 Å². The molecule has 2 aromatic carbocycles. The van der Waals surface area contributed by atoms with Gasteiger partial charge in [-0.3, -0.25) is 4.79 Å². The minimum absolute atomic E-state index is 0.0189. The second kappa shape index (κ2) is 7.22. The predicted molar refractivity (Wildman–Crippen MR) is 100.0 cm³/mol. The van der Waals surface area contributed by atoms with Crippen LogP contribution in [0.1, 0.15) is 41.6 Å². The minimum Gasteiger partial charge on any atom is -0.351 e. The first kappa shape index (κ1) is 17.3. The van der Waals surface area contributed by atoms with E-state index >= 15 is 0 Å². The first-order valence-corrected chi connectivity index (χ1v) is 9.38. The Bertz CT molecular complexity index is 728. The summed E-state index contributed by atoms with van der Waals surface area (Å²) < 4.78 is 11.8. The van der Waals surface area contributed by atoms with Crippen molar-refractivity contribution in [2.45, 2.75) is 36.9 Å². The van der Waals surface area contributed by atoms with E-state index < -0.39 is 5.79 Å². The third-order valence-electron chi connectivity index (χ3n) is 5.79. The minimum atomic E-state index is -0.401. The lowest BCUT2D eigenvalue weighted by molar-refractivity contribution is -0.184. The fourth-order valence-corrected chi connectivity index (χ4v) is 4.20. The van der Waals surface area contributed by atoms with Crippen LogP contribution in [0.15, 0.2) is 60.7 Å².